The third kappa shape index (κ3) is 2.69. The van der Waals surface area contributed by atoms with Crippen molar-refractivity contribution in [3.63, 3.8) is 0 Å². The Bertz CT molecular complexity index is 877. The van der Waals surface area contributed by atoms with Crippen LogP contribution in [0, 0.1) is 0 Å². The Hall–Kier alpha value is -2.61. The van der Waals surface area contributed by atoms with E-state index in [2.05, 4.69) is 20.3 Å². The number of thioether (sulfide) groups is 1. The number of esters is 1. The Balaban J connectivity index is 2.29. The number of hydrogen-bond donors (Lipinski definition) is 2. The largest absolute Gasteiger partial charge is 0.466 e. The molecule has 1 aliphatic heterocycles. The Morgan fingerprint density at radius 3 is 2.79 bits per heavy atom. The van der Waals surface area contributed by atoms with Gasteiger partial charge >= 0.3 is 5.97 Å². The molecule has 0 bridgehead atoms. The van der Waals surface area contributed by atoms with Crippen LogP contribution in [0.15, 0.2) is 45.6 Å². The van der Waals surface area contributed by atoms with Crippen LogP contribution in [0.3, 0.4) is 0 Å². The lowest BCUT2D eigenvalue weighted by Crippen LogP contribution is -2.31. The summed E-state index contributed by atoms with van der Waals surface area (Å²) in [6, 6.07) is 5.36. The average Bonchev–Trinajstić information content (AvgIpc) is 2.60. The van der Waals surface area contributed by atoms with E-state index in [0.717, 1.165) is 0 Å². The third-order valence-electron chi connectivity index (χ3n) is 3.80. The molecule has 7 nitrogen and oxygen atoms in total. The number of allylic oxidation sites excluding steroid dienone is 1. The van der Waals surface area contributed by atoms with Crippen LogP contribution in [-0.2, 0) is 9.53 Å². The fourth-order valence-corrected chi connectivity index (χ4v) is 3.13. The zero-order chi connectivity index (χ0) is 17.3. The van der Waals surface area contributed by atoms with Gasteiger partial charge in [-0.1, -0.05) is 17.8 Å². The van der Waals surface area contributed by atoms with Gasteiger partial charge in [0.15, 0.2) is 5.16 Å². The molecule has 124 valence electrons. The topological polar surface area (TPSA) is 97.0 Å². The van der Waals surface area contributed by atoms with Gasteiger partial charge in [0.2, 0.25) is 0 Å². The van der Waals surface area contributed by atoms with Crippen LogP contribution < -0.4 is 10.9 Å². The van der Waals surface area contributed by atoms with Crippen LogP contribution in [0.5, 0.6) is 0 Å². The number of carbonyl (C=O) groups excluding carboxylic acids is 1. The maximum atomic E-state index is 12.6. The van der Waals surface area contributed by atoms with Crippen molar-refractivity contribution in [3.8, 4) is 0 Å². The van der Waals surface area contributed by atoms with Gasteiger partial charge in [0.05, 0.1) is 29.9 Å². The van der Waals surface area contributed by atoms with Gasteiger partial charge in [0, 0.05) is 11.9 Å². The lowest BCUT2D eigenvalue weighted by Gasteiger charge is -2.27. The molecule has 3 rings (SSSR count). The van der Waals surface area contributed by atoms with E-state index in [1.807, 2.05) is 12.3 Å². The van der Waals surface area contributed by atoms with Crippen molar-refractivity contribution >= 4 is 23.5 Å². The molecule has 2 N–H and O–H groups in total. The molecule has 3 heterocycles. The molecular formula is C16H16N4O3S. The van der Waals surface area contributed by atoms with E-state index in [1.165, 1.54) is 18.9 Å². The Labute approximate surface area is 142 Å². The Morgan fingerprint density at radius 2 is 2.17 bits per heavy atom. The van der Waals surface area contributed by atoms with Gasteiger partial charge in [0.1, 0.15) is 5.82 Å². The van der Waals surface area contributed by atoms with Crippen LogP contribution in [0.4, 0.5) is 5.82 Å². The molecule has 0 spiro atoms. The van der Waals surface area contributed by atoms with E-state index in [9.17, 15) is 9.59 Å². The van der Waals surface area contributed by atoms with E-state index in [1.54, 1.807) is 25.3 Å². The first-order valence-electron chi connectivity index (χ1n) is 7.22. The molecule has 8 heteroatoms. The fourth-order valence-electron chi connectivity index (χ4n) is 2.75. The molecule has 24 heavy (non-hydrogen) atoms. The van der Waals surface area contributed by atoms with Gasteiger partial charge in [-0.2, -0.15) is 0 Å². The van der Waals surface area contributed by atoms with E-state index < -0.39 is 11.9 Å². The molecule has 0 amide bonds. The summed E-state index contributed by atoms with van der Waals surface area (Å²) in [5.74, 6) is -0.708. The third-order valence-corrected chi connectivity index (χ3v) is 4.38. The van der Waals surface area contributed by atoms with Gasteiger partial charge in [-0.05, 0) is 25.3 Å². The molecule has 0 saturated heterocycles. The lowest BCUT2D eigenvalue weighted by atomic mass is 9.85. The molecule has 0 aromatic carbocycles. The minimum atomic E-state index is -0.637. The lowest BCUT2D eigenvalue weighted by molar-refractivity contribution is -0.136. The van der Waals surface area contributed by atoms with Crippen LogP contribution in [0.25, 0.3) is 0 Å². The number of H-pyrrole nitrogens is 1. The minimum absolute atomic E-state index is 0.304. The van der Waals surface area contributed by atoms with E-state index >= 15 is 0 Å². The van der Waals surface area contributed by atoms with Crippen molar-refractivity contribution in [2.45, 2.75) is 18.0 Å². The summed E-state index contributed by atoms with van der Waals surface area (Å²) in [6.45, 7) is 1.76. The minimum Gasteiger partial charge on any atom is -0.466 e. The number of aromatic amines is 1. The molecule has 0 fully saturated rings. The number of pyridine rings is 1. The first-order valence-corrected chi connectivity index (χ1v) is 8.44. The molecule has 0 radical (unpaired) electrons. The maximum absolute atomic E-state index is 12.6. The van der Waals surface area contributed by atoms with Gasteiger partial charge in [-0.15, -0.1) is 0 Å². The normalized spacial score (nSPS) is 16.4. The highest BCUT2D eigenvalue weighted by Gasteiger charge is 2.36. The second-order valence-electron chi connectivity index (χ2n) is 5.18. The Kier molecular flexibility index (Phi) is 4.39. The molecule has 1 unspecified atom stereocenters. The zero-order valence-corrected chi connectivity index (χ0v) is 14.2. The first-order chi connectivity index (χ1) is 11.6. The molecule has 2 aromatic rings. The predicted octanol–water partition coefficient (Wildman–Crippen LogP) is 1.89. The van der Waals surface area contributed by atoms with E-state index in [4.69, 9.17) is 4.74 Å². The van der Waals surface area contributed by atoms with Crippen molar-refractivity contribution in [1.82, 2.24) is 15.0 Å². The smallest absolute Gasteiger partial charge is 0.336 e. The van der Waals surface area contributed by atoms with E-state index in [0.29, 0.717) is 33.5 Å². The molecule has 2 aromatic heterocycles. The van der Waals surface area contributed by atoms with Crippen LogP contribution in [-0.4, -0.2) is 34.3 Å². The van der Waals surface area contributed by atoms with Crippen molar-refractivity contribution in [2.24, 2.45) is 0 Å². The highest BCUT2D eigenvalue weighted by Crippen LogP contribution is 2.38. The van der Waals surface area contributed by atoms with Crippen LogP contribution in [0.2, 0.25) is 0 Å². The summed E-state index contributed by atoms with van der Waals surface area (Å²) in [6.07, 6.45) is 3.45. The van der Waals surface area contributed by atoms with E-state index in [-0.39, 0.29) is 5.56 Å². The number of methoxy groups -OCH3 is 1. The Morgan fingerprint density at radius 1 is 1.38 bits per heavy atom. The maximum Gasteiger partial charge on any atom is 0.336 e. The molecule has 0 aliphatic carbocycles. The number of rotatable bonds is 3. The first kappa shape index (κ1) is 16.3. The highest BCUT2D eigenvalue weighted by molar-refractivity contribution is 7.98. The second-order valence-corrected chi connectivity index (χ2v) is 5.98. The van der Waals surface area contributed by atoms with Gasteiger partial charge < -0.3 is 15.0 Å². The molecule has 1 aliphatic rings. The number of hydrogen-bond acceptors (Lipinski definition) is 7. The van der Waals surface area contributed by atoms with Crippen molar-refractivity contribution in [1.29, 1.82) is 0 Å². The second kappa shape index (κ2) is 6.48. The van der Waals surface area contributed by atoms with Gasteiger partial charge in [-0.3, -0.25) is 9.78 Å². The summed E-state index contributed by atoms with van der Waals surface area (Å²) in [5.41, 5.74) is 1.59. The number of anilines is 1. The van der Waals surface area contributed by atoms with Crippen molar-refractivity contribution < 1.29 is 9.53 Å². The summed E-state index contributed by atoms with van der Waals surface area (Å²) in [4.78, 5) is 36.4. The standard InChI is InChI=1S/C16H16N4O3S/c1-8-10(15(22)23-2)11(9-6-4-5-7-17-9)12-13(18-8)19-16(24-3)20-14(12)21/h4-7,11H,1-3H3,(H2,18,19,20,21). The van der Waals surface area contributed by atoms with Crippen LogP contribution >= 0.6 is 11.8 Å². The monoisotopic (exact) mass is 344 g/mol. The van der Waals surface area contributed by atoms with Crippen LogP contribution in [0.1, 0.15) is 24.1 Å². The zero-order valence-electron chi connectivity index (χ0n) is 13.4. The molecule has 0 saturated carbocycles. The number of ether oxygens (including phenoxy) is 1. The van der Waals surface area contributed by atoms with Crippen molar-refractivity contribution in [3.05, 3.63) is 57.3 Å². The predicted molar refractivity (Wildman–Crippen MR) is 91.1 cm³/mol. The SMILES string of the molecule is COC(=O)C1=C(C)Nc2nc(SC)[nH]c(=O)c2C1c1ccccn1. The summed E-state index contributed by atoms with van der Waals surface area (Å²) < 4.78 is 4.91. The number of carbonyl (C=O) groups is 1. The highest BCUT2D eigenvalue weighted by atomic mass is 32.2. The number of nitrogens with zero attached hydrogens (tertiary/aromatic N) is 2. The summed E-state index contributed by atoms with van der Waals surface area (Å²) in [7, 11) is 1.31. The van der Waals surface area contributed by atoms with Gasteiger partial charge in [0.25, 0.3) is 5.56 Å². The fraction of sp³-hybridized carbons (Fsp3) is 0.250. The number of aromatic nitrogens is 3. The summed E-state index contributed by atoms with van der Waals surface area (Å²) in [5, 5.41) is 3.55. The average molecular weight is 344 g/mol. The summed E-state index contributed by atoms with van der Waals surface area (Å²) >= 11 is 1.34. The number of nitrogens with one attached hydrogen (secondary N) is 2. The molecule has 1 atom stereocenters. The molecular weight excluding hydrogens is 328 g/mol. The number of fused-ring (bicyclic) bond motifs is 1. The quantitative estimate of drug-likeness (QED) is 0.498. The van der Waals surface area contributed by atoms with Crippen molar-refractivity contribution in [2.75, 3.05) is 18.7 Å². The van der Waals surface area contributed by atoms with Gasteiger partial charge in [-0.25, -0.2) is 9.78 Å².